The number of ether oxygens (including phenoxy) is 1. The summed E-state index contributed by atoms with van der Waals surface area (Å²) in [6.45, 7) is 6.30. The van der Waals surface area contributed by atoms with E-state index in [0.29, 0.717) is 19.5 Å². The lowest BCUT2D eigenvalue weighted by molar-refractivity contribution is 0.0223. The number of carbonyl (C=O) groups excluding carboxylic acids is 1. The summed E-state index contributed by atoms with van der Waals surface area (Å²) in [6.07, 6.45) is 1.57. The van der Waals surface area contributed by atoms with Gasteiger partial charge in [0, 0.05) is 24.9 Å². The smallest absolute Gasteiger partial charge is 0.410 e. The van der Waals surface area contributed by atoms with Crippen LogP contribution < -0.4 is 0 Å². The molecule has 1 aliphatic rings. The van der Waals surface area contributed by atoms with Gasteiger partial charge in [0.2, 0.25) is 0 Å². The van der Waals surface area contributed by atoms with Crippen molar-refractivity contribution in [3.8, 4) is 0 Å². The molecular formula is C14H18N2O4. The van der Waals surface area contributed by atoms with Crippen molar-refractivity contribution < 1.29 is 19.4 Å². The van der Waals surface area contributed by atoms with Crippen LogP contribution >= 0.6 is 0 Å². The number of carboxylic acid groups (broad SMARTS) is 1. The normalized spacial score (nSPS) is 14.7. The number of aromatic nitrogens is 1. The van der Waals surface area contributed by atoms with Gasteiger partial charge in [0.15, 0.2) is 0 Å². The van der Waals surface area contributed by atoms with Crippen LogP contribution in [0.2, 0.25) is 0 Å². The average molecular weight is 278 g/mol. The van der Waals surface area contributed by atoms with Crippen LogP contribution in [0.25, 0.3) is 0 Å². The maximum Gasteiger partial charge on any atom is 0.410 e. The van der Waals surface area contributed by atoms with E-state index in [9.17, 15) is 9.59 Å². The molecule has 0 fully saturated rings. The number of amides is 1. The number of hydrogen-bond acceptors (Lipinski definition) is 4. The fourth-order valence-corrected chi connectivity index (χ4v) is 2.03. The van der Waals surface area contributed by atoms with Crippen molar-refractivity contribution in [2.45, 2.75) is 39.3 Å². The molecule has 0 atom stereocenters. The Labute approximate surface area is 117 Å². The van der Waals surface area contributed by atoms with Gasteiger partial charge in [-0.05, 0) is 32.4 Å². The molecule has 1 amide bonds. The van der Waals surface area contributed by atoms with E-state index in [2.05, 4.69) is 4.98 Å². The van der Waals surface area contributed by atoms with Crippen LogP contribution in [0.15, 0.2) is 12.3 Å². The van der Waals surface area contributed by atoms with Gasteiger partial charge < -0.3 is 14.7 Å². The monoisotopic (exact) mass is 278 g/mol. The van der Waals surface area contributed by atoms with E-state index < -0.39 is 11.6 Å². The summed E-state index contributed by atoms with van der Waals surface area (Å²) in [5.74, 6) is -1.02. The molecule has 0 spiro atoms. The van der Waals surface area contributed by atoms with Gasteiger partial charge in [-0.1, -0.05) is 0 Å². The minimum Gasteiger partial charge on any atom is -0.478 e. The minimum absolute atomic E-state index is 0.134. The maximum atomic E-state index is 12.0. The van der Waals surface area contributed by atoms with E-state index in [-0.39, 0.29) is 11.7 Å². The highest BCUT2D eigenvalue weighted by atomic mass is 16.6. The SMILES string of the molecule is CC(C)(C)OC(=O)N1CCc2ncc(C(=O)O)cc2C1. The van der Waals surface area contributed by atoms with Gasteiger partial charge in [-0.3, -0.25) is 4.98 Å². The molecule has 0 aliphatic carbocycles. The number of fused-ring (bicyclic) bond motifs is 1. The Morgan fingerprint density at radius 1 is 1.40 bits per heavy atom. The molecule has 108 valence electrons. The van der Waals surface area contributed by atoms with Crippen molar-refractivity contribution in [1.82, 2.24) is 9.88 Å². The summed E-state index contributed by atoms with van der Waals surface area (Å²) >= 11 is 0. The Morgan fingerprint density at radius 2 is 2.10 bits per heavy atom. The van der Waals surface area contributed by atoms with E-state index in [1.54, 1.807) is 11.0 Å². The molecule has 0 saturated heterocycles. The molecule has 0 radical (unpaired) electrons. The Hall–Kier alpha value is -2.11. The number of pyridine rings is 1. The second-order valence-electron chi connectivity index (χ2n) is 5.79. The highest BCUT2D eigenvalue weighted by Gasteiger charge is 2.26. The summed E-state index contributed by atoms with van der Waals surface area (Å²) in [4.78, 5) is 28.7. The third-order valence-electron chi connectivity index (χ3n) is 2.94. The van der Waals surface area contributed by atoms with Crippen molar-refractivity contribution >= 4 is 12.1 Å². The number of hydrogen-bond donors (Lipinski definition) is 1. The molecule has 20 heavy (non-hydrogen) atoms. The molecule has 0 unspecified atom stereocenters. The molecular weight excluding hydrogens is 260 g/mol. The molecule has 6 nitrogen and oxygen atoms in total. The standard InChI is InChI=1S/C14H18N2O4/c1-14(2,3)20-13(19)16-5-4-11-10(8-16)6-9(7-15-11)12(17)18/h6-7H,4-5,8H2,1-3H3,(H,17,18). The first kappa shape index (κ1) is 14.3. The van der Waals surface area contributed by atoms with Crippen LogP contribution in [0.1, 0.15) is 42.4 Å². The first-order valence-corrected chi connectivity index (χ1v) is 6.45. The second-order valence-corrected chi connectivity index (χ2v) is 5.79. The second kappa shape index (κ2) is 5.11. The van der Waals surface area contributed by atoms with Gasteiger partial charge in [0.1, 0.15) is 5.60 Å². The molecule has 2 heterocycles. The van der Waals surface area contributed by atoms with E-state index >= 15 is 0 Å². The van der Waals surface area contributed by atoms with E-state index in [1.165, 1.54) is 6.20 Å². The lowest BCUT2D eigenvalue weighted by Gasteiger charge is -2.30. The lowest BCUT2D eigenvalue weighted by atomic mass is 10.0. The quantitative estimate of drug-likeness (QED) is 0.850. The highest BCUT2D eigenvalue weighted by Crippen LogP contribution is 2.20. The fraction of sp³-hybridized carbons (Fsp3) is 0.500. The molecule has 1 aliphatic heterocycles. The van der Waals surface area contributed by atoms with Gasteiger partial charge in [0.05, 0.1) is 12.1 Å². The highest BCUT2D eigenvalue weighted by molar-refractivity contribution is 5.87. The predicted octanol–water partition coefficient (Wildman–Crippen LogP) is 2.07. The molecule has 1 aromatic heterocycles. The van der Waals surface area contributed by atoms with Crippen molar-refractivity contribution in [3.63, 3.8) is 0 Å². The molecule has 1 N–H and O–H groups in total. The summed E-state index contributed by atoms with van der Waals surface area (Å²) < 4.78 is 5.32. The van der Waals surface area contributed by atoms with Crippen molar-refractivity contribution in [2.24, 2.45) is 0 Å². The number of aromatic carboxylic acids is 1. The third-order valence-corrected chi connectivity index (χ3v) is 2.94. The van der Waals surface area contributed by atoms with Crippen molar-refractivity contribution in [2.75, 3.05) is 6.54 Å². The molecule has 0 bridgehead atoms. The molecule has 1 aromatic rings. The van der Waals surface area contributed by atoms with Crippen LogP contribution in [-0.2, 0) is 17.7 Å². The minimum atomic E-state index is -1.02. The van der Waals surface area contributed by atoms with Gasteiger partial charge in [-0.15, -0.1) is 0 Å². The summed E-state index contributed by atoms with van der Waals surface area (Å²) in [6, 6.07) is 1.57. The zero-order valence-electron chi connectivity index (χ0n) is 11.8. The lowest BCUT2D eigenvalue weighted by Crippen LogP contribution is -2.40. The number of carboxylic acids is 1. The van der Waals surface area contributed by atoms with Crippen LogP contribution in [0.3, 0.4) is 0 Å². The van der Waals surface area contributed by atoms with E-state index in [0.717, 1.165) is 11.3 Å². The molecule has 0 saturated carbocycles. The Morgan fingerprint density at radius 3 is 2.70 bits per heavy atom. The van der Waals surface area contributed by atoms with Gasteiger partial charge in [0.25, 0.3) is 0 Å². The van der Waals surface area contributed by atoms with E-state index in [4.69, 9.17) is 9.84 Å². The van der Waals surface area contributed by atoms with Gasteiger partial charge >= 0.3 is 12.1 Å². The van der Waals surface area contributed by atoms with Crippen molar-refractivity contribution in [1.29, 1.82) is 0 Å². The Kier molecular flexibility index (Phi) is 3.65. The molecule has 6 heteroatoms. The fourth-order valence-electron chi connectivity index (χ4n) is 2.03. The average Bonchev–Trinajstić information content (AvgIpc) is 2.35. The van der Waals surface area contributed by atoms with E-state index in [1.807, 2.05) is 20.8 Å². The Bertz CT molecular complexity index is 549. The topological polar surface area (TPSA) is 79.7 Å². The Balaban J connectivity index is 2.15. The van der Waals surface area contributed by atoms with Crippen LogP contribution in [-0.4, -0.2) is 39.2 Å². The first-order chi connectivity index (χ1) is 9.26. The largest absolute Gasteiger partial charge is 0.478 e. The summed E-state index contributed by atoms with van der Waals surface area (Å²) in [5.41, 5.74) is 1.20. The van der Waals surface area contributed by atoms with Crippen LogP contribution in [0, 0.1) is 0 Å². The third kappa shape index (κ3) is 3.26. The number of nitrogens with zero attached hydrogens (tertiary/aromatic N) is 2. The molecule has 0 aromatic carbocycles. The van der Waals surface area contributed by atoms with Crippen LogP contribution in [0.4, 0.5) is 4.79 Å². The summed E-state index contributed by atoms with van der Waals surface area (Å²) in [5, 5.41) is 8.97. The predicted molar refractivity (Wildman–Crippen MR) is 71.5 cm³/mol. The zero-order chi connectivity index (χ0) is 14.9. The maximum absolute atomic E-state index is 12.0. The zero-order valence-corrected chi connectivity index (χ0v) is 11.8. The van der Waals surface area contributed by atoms with Gasteiger partial charge in [-0.2, -0.15) is 0 Å². The first-order valence-electron chi connectivity index (χ1n) is 6.45. The van der Waals surface area contributed by atoms with Gasteiger partial charge in [-0.25, -0.2) is 9.59 Å². The molecule has 2 rings (SSSR count). The number of rotatable bonds is 1. The van der Waals surface area contributed by atoms with Crippen molar-refractivity contribution in [3.05, 3.63) is 29.1 Å². The van der Waals surface area contributed by atoms with Crippen LogP contribution in [0.5, 0.6) is 0 Å². The summed E-state index contributed by atoms with van der Waals surface area (Å²) in [7, 11) is 0. The number of carbonyl (C=O) groups is 2.